The standard InChI is InChI=1S/C19H18ClN5OS/c1-27-12-18-23-15-4-2-3-5-16(15)25(18)11-19(26)21-8-14-10-24-9-13(20)6-7-17(24)22-14/h2-7,9-10H,8,11-12H2,1H3,(H,21,26). The maximum atomic E-state index is 12.5. The van der Waals surface area contributed by atoms with Crippen LogP contribution in [-0.4, -0.2) is 31.1 Å². The first-order valence-corrected chi connectivity index (χ1v) is 10.2. The third kappa shape index (κ3) is 3.79. The van der Waals surface area contributed by atoms with Crippen LogP contribution in [0.5, 0.6) is 0 Å². The molecule has 138 valence electrons. The summed E-state index contributed by atoms with van der Waals surface area (Å²) in [5.74, 6) is 1.59. The molecule has 8 heteroatoms. The van der Waals surface area contributed by atoms with E-state index in [0.717, 1.165) is 34.0 Å². The molecule has 3 aromatic heterocycles. The molecular formula is C19H18ClN5OS. The van der Waals surface area contributed by atoms with Crippen molar-refractivity contribution in [3.8, 4) is 0 Å². The van der Waals surface area contributed by atoms with Crippen LogP contribution in [-0.2, 0) is 23.6 Å². The van der Waals surface area contributed by atoms with Gasteiger partial charge in [-0.2, -0.15) is 11.8 Å². The van der Waals surface area contributed by atoms with E-state index in [0.29, 0.717) is 11.6 Å². The van der Waals surface area contributed by atoms with Gasteiger partial charge in [-0.3, -0.25) is 4.79 Å². The number of carbonyl (C=O) groups is 1. The Bertz CT molecular complexity index is 1120. The summed E-state index contributed by atoms with van der Waals surface area (Å²) >= 11 is 7.68. The van der Waals surface area contributed by atoms with E-state index in [2.05, 4.69) is 15.3 Å². The normalized spacial score (nSPS) is 11.3. The number of rotatable bonds is 6. The fourth-order valence-electron chi connectivity index (χ4n) is 3.03. The average molecular weight is 400 g/mol. The largest absolute Gasteiger partial charge is 0.349 e. The molecule has 0 aliphatic rings. The molecule has 27 heavy (non-hydrogen) atoms. The first-order chi connectivity index (χ1) is 13.1. The van der Waals surface area contributed by atoms with Crippen LogP contribution < -0.4 is 5.32 Å². The van der Waals surface area contributed by atoms with Gasteiger partial charge in [-0.1, -0.05) is 23.7 Å². The lowest BCUT2D eigenvalue weighted by Gasteiger charge is -2.09. The lowest BCUT2D eigenvalue weighted by atomic mass is 10.3. The van der Waals surface area contributed by atoms with Crippen molar-refractivity contribution in [2.45, 2.75) is 18.8 Å². The minimum absolute atomic E-state index is 0.0735. The lowest BCUT2D eigenvalue weighted by molar-refractivity contribution is -0.121. The molecule has 0 aliphatic heterocycles. The van der Waals surface area contributed by atoms with Gasteiger partial charge in [-0.25, -0.2) is 9.97 Å². The van der Waals surface area contributed by atoms with Gasteiger partial charge >= 0.3 is 0 Å². The minimum atomic E-state index is -0.0735. The predicted molar refractivity (Wildman–Crippen MR) is 109 cm³/mol. The van der Waals surface area contributed by atoms with E-state index in [1.165, 1.54) is 0 Å². The summed E-state index contributed by atoms with van der Waals surface area (Å²) < 4.78 is 3.83. The number of halogens is 1. The van der Waals surface area contributed by atoms with Crippen LogP contribution in [0, 0.1) is 0 Å². The summed E-state index contributed by atoms with van der Waals surface area (Å²) in [6.07, 6.45) is 5.69. The number of imidazole rings is 2. The lowest BCUT2D eigenvalue weighted by Crippen LogP contribution is -2.27. The van der Waals surface area contributed by atoms with Crippen molar-refractivity contribution in [3.63, 3.8) is 0 Å². The fraction of sp³-hybridized carbons (Fsp3) is 0.211. The van der Waals surface area contributed by atoms with Crippen molar-refractivity contribution in [1.82, 2.24) is 24.3 Å². The van der Waals surface area contributed by atoms with Gasteiger partial charge in [0.05, 0.1) is 34.0 Å². The van der Waals surface area contributed by atoms with Gasteiger partial charge in [0.25, 0.3) is 0 Å². The first-order valence-electron chi connectivity index (χ1n) is 8.47. The van der Waals surface area contributed by atoms with E-state index < -0.39 is 0 Å². The van der Waals surface area contributed by atoms with Crippen LogP contribution in [0.1, 0.15) is 11.5 Å². The number of nitrogens with zero attached hydrogens (tertiary/aromatic N) is 4. The Morgan fingerprint density at radius 1 is 1.19 bits per heavy atom. The Hall–Kier alpha value is -2.51. The number of thioether (sulfide) groups is 1. The second kappa shape index (κ2) is 7.62. The number of para-hydroxylation sites is 2. The molecule has 0 saturated carbocycles. The summed E-state index contributed by atoms with van der Waals surface area (Å²) in [6.45, 7) is 0.595. The number of aromatic nitrogens is 4. The molecule has 3 heterocycles. The zero-order valence-electron chi connectivity index (χ0n) is 14.7. The Labute approximate surface area is 165 Å². The molecular weight excluding hydrogens is 382 g/mol. The molecule has 1 aromatic carbocycles. The highest BCUT2D eigenvalue weighted by atomic mass is 35.5. The van der Waals surface area contributed by atoms with E-state index in [-0.39, 0.29) is 12.5 Å². The van der Waals surface area contributed by atoms with E-state index in [1.54, 1.807) is 24.0 Å². The third-order valence-electron chi connectivity index (χ3n) is 4.24. The Morgan fingerprint density at radius 3 is 2.89 bits per heavy atom. The van der Waals surface area contributed by atoms with Crippen molar-refractivity contribution >= 4 is 46.0 Å². The summed E-state index contributed by atoms with van der Waals surface area (Å²) in [5.41, 5.74) is 3.46. The van der Waals surface area contributed by atoms with Gasteiger partial charge in [0.15, 0.2) is 0 Å². The van der Waals surface area contributed by atoms with Crippen molar-refractivity contribution in [2.24, 2.45) is 0 Å². The smallest absolute Gasteiger partial charge is 0.240 e. The summed E-state index contributed by atoms with van der Waals surface area (Å²) in [5, 5.41) is 3.59. The van der Waals surface area contributed by atoms with E-state index >= 15 is 0 Å². The van der Waals surface area contributed by atoms with Gasteiger partial charge < -0.3 is 14.3 Å². The Morgan fingerprint density at radius 2 is 2.04 bits per heavy atom. The van der Waals surface area contributed by atoms with Crippen molar-refractivity contribution < 1.29 is 4.79 Å². The van der Waals surface area contributed by atoms with E-state index in [1.807, 2.05) is 51.8 Å². The van der Waals surface area contributed by atoms with Crippen LogP contribution in [0.4, 0.5) is 0 Å². The molecule has 4 rings (SSSR count). The van der Waals surface area contributed by atoms with E-state index in [4.69, 9.17) is 11.6 Å². The summed E-state index contributed by atoms with van der Waals surface area (Å²) in [7, 11) is 0. The number of carbonyl (C=O) groups excluding carboxylic acids is 1. The summed E-state index contributed by atoms with van der Waals surface area (Å²) in [6, 6.07) is 11.5. The van der Waals surface area contributed by atoms with Crippen LogP contribution in [0.25, 0.3) is 16.7 Å². The van der Waals surface area contributed by atoms with Crippen molar-refractivity contribution in [1.29, 1.82) is 0 Å². The monoisotopic (exact) mass is 399 g/mol. The highest BCUT2D eigenvalue weighted by Crippen LogP contribution is 2.19. The predicted octanol–water partition coefficient (Wildman–Crippen LogP) is 3.52. The van der Waals surface area contributed by atoms with Gasteiger partial charge in [0, 0.05) is 12.4 Å². The van der Waals surface area contributed by atoms with Crippen LogP contribution in [0.3, 0.4) is 0 Å². The molecule has 0 bridgehead atoms. The fourth-order valence-corrected chi connectivity index (χ4v) is 3.68. The van der Waals surface area contributed by atoms with Gasteiger partial charge in [-0.05, 0) is 30.5 Å². The van der Waals surface area contributed by atoms with Crippen LogP contribution >= 0.6 is 23.4 Å². The summed E-state index contributed by atoms with van der Waals surface area (Å²) in [4.78, 5) is 21.7. The second-order valence-electron chi connectivity index (χ2n) is 6.16. The number of nitrogens with one attached hydrogen (secondary N) is 1. The molecule has 0 atom stereocenters. The van der Waals surface area contributed by atoms with Crippen molar-refractivity contribution in [2.75, 3.05) is 6.26 Å². The molecule has 0 unspecified atom stereocenters. The molecule has 4 aromatic rings. The number of hydrogen-bond acceptors (Lipinski definition) is 4. The number of hydrogen-bond donors (Lipinski definition) is 1. The quantitative estimate of drug-likeness (QED) is 0.538. The second-order valence-corrected chi connectivity index (χ2v) is 7.46. The zero-order chi connectivity index (χ0) is 18.8. The molecule has 6 nitrogen and oxygen atoms in total. The highest BCUT2D eigenvalue weighted by Gasteiger charge is 2.13. The van der Waals surface area contributed by atoms with Gasteiger partial charge in [-0.15, -0.1) is 0 Å². The van der Waals surface area contributed by atoms with Gasteiger partial charge in [0.1, 0.15) is 18.0 Å². The third-order valence-corrected chi connectivity index (χ3v) is 5.01. The SMILES string of the molecule is CSCc1nc2ccccc2n1CC(=O)NCc1cn2cc(Cl)ccc2n1. The maximum Gasteiger partial charge on any atom is 0.240 e. The molecule has 0 radical (unpaired) electrons. The Balaban J connectivity index is 1.49. The molecule has 0 fully saturated rings. The number of amides is 1. The molecule has 1 amide bonds. The number of pyridine rings is 1. The van der Waals surface area contributed by atoms with Crippen LogP contribution in [0.15, 0.2) is 48.8 Å². The molecule has 0 aliphatic carbocycles. The maximum absolute atomic E-state index is 12.5. The van der Waals surface area contributed by atoms with Crippen molar-refractivity contribution in [3.05, 3.63) is 65.3 Å². The van der Waals surface area contributed by atoms with E-state index in [9.17, 15) is 4.79 Å². The highest BCUT2D eigenvalue weighted by molar-refractivity contribution is 7.97. The minimum Gasteiger partial charge on any atom is -0.349 e. The first kappa shape index (κ1) is 17.9. The van der Waals surface area contributed by atoms with Gasteiger partial charge in [0.2, 0.25) is 5.91 Å². The average Bonchev–Trinajstić information content (AvgIpc) is 3.21. The number of benzene rings is 1. The number of fused-ring (bicyclic) bond motifs is 2. The Kier molecular flexibility index (Phi) is 5.05. The molecule has 1 N–H and O–H groups in total. The molecule has 0 saturated heterocycles. The topological polar surface area (TPSA) is 64.2 Å². The molecule has 0 spiro atoms. The van der Waals surface area contributed by atoms with Crippen LogP contribution in [0.2, 0.25) is 5.02 Å². The zero-order valence-corrected chi connectivity index (χ0v) is 16.3.